The van der Waals surface area contributed by atoms with Crippen molar-refractivity contribution in [2.75, 3.05) is 5.73 Å². The molecule has 0 aliphatic heterocycles. The molecule has 0 radical (unpaired) electrons. The lowest BCUT2D eigenvalue weighted by molar-refractivity contribution is 0.353. The van der Waals surface area contributed by atoms with Gasteiger partial charge >= 0.3 is 0 Å². The molecule has 2 nitrogen and oxygen atoms in total. The van der Waals surface area contributed by atoms with Gasteiger partial charge in [0.05, 0.1) is 15.7 Å². The molecule has 3 unspecified atom stereocenters. The lowest BCUT2D eigenvalue weighted by Crippen LogP contribution is -2.24. The van der Waals surface area contributed by atoms with Gasteiger partial charge in [-0.05, 0) is 52.9 Å². The van der Waals surface area contributed by atoms with Crippen LogP contribution in [0.4, 0.5) is 5.69 Å². The third-order valence-electron chi connectivity index (χ3n) is 3.79. The molecular weight excluding hydrogens is 310 g/mol. The summed E-state index contributed by atoms with van der Waals surface area (Å²) < 4.78 is 13.5. The SMILES string of the molecule is CCC1CCCC(S(=O)c2ccc(N)cc2Br)C1. The number of anilines is 1. The second kappa shape index (κ2) is 6.20. The van der Waals surface area contributed by atoms with Gasteiger partial charge in [0.25, 0.3) is 0 Å². The van der Waals surface area contributed by atoms with E-state index >= 15 is 0 Å². The number of nitrogens with two attached hydrogens (primary N) is 1. The number of rotatable bonds is 3. The zero-order chi connectivity index (χ0) is 13.1. The zero-order valence-corrected chi connectivity index (χ0v) is 13.1. The fraction of sp³-hybridized carbons (Fsp3) is 0.571. The summed E-state index contributed by atoms with van der Waals surface area (Å²) in [7, 11) is -0.914. The first-order chi connectivity index (χ1) is 8.61. The van der Waals surface area contributed by atoms with Crippen LogP contribution in [-0.4, -0.2) is 9.46 Å². The topological polar surface area (TPSA) is 43.1 Å². The van der Waals surface area contributed by atoms with Crippen LogP contribution in [-0.2, 0) is 10.8 Å². The summed E-state index contributed by atoms with van der Waals surface area (Å²) in [6.07, 6.45) is 5.89. The summed E-state index contributed by atoms with van der Waals surface area (Å²) in [4.78, 5) is 0.894. The number of halogens is 1. The van der Waals surface area contributed by atoms with Crippen LogP contribution in [0, 0.1) is 5.92 Å². The standard InChI is InChI=1S/C14H20BrNOS/c1-2-10-4-3-5-12(8-10)18(17)14-7-6-11(16)9-13(14)15/h6-7,9-10,12H,2-5,8,16H2,1H3. The fourth-order valence-corrected chi connectivity index (χ4v) is 5.18. The zero-order valence-electron chi connectivity index (χ0n) is 10.7. The summed E-state index contributed by atoms with van der Waals surface area (Å²) in [6.45, 7) is 2.23. The number of benzene rings is 1. The van der Waals surface area contributed by atoms with Crippen LogP contribution >= 0.6 is 15.9 Å². The van der Waals surface area contributed by atoms with Crippen molar-refractivity contribution in [3.8, 4) is 0 Å². The molecule has 0 heterocycles. The van der Waals surface area contributed by atoms with E-state index in [1.165, 1.54) is 19.3 Å². The van der Waals surface area contributed by atoms with Gasteiger partial charge in [-0.1, -0.05) is 26.2 Å². The van der Waals surface area contributed by atoms with Crippen molar-refractivity contribution in [2.24, 2.45) is 5.92 Å². The van der Waals surface area contributed by atoms with Gasteiger partial charge in [-0.3, -0.25) is 4.21 Å². The minimum atomic E-state index is -0.914. The predicted octanol–water partition coefficient (Wildman–Crippen LogP) is 4.11. The molecule has 4 heteroatoms. The Kier molecular flexibility index (Phi) is 4.84. The maximum Gasteiger partial charge on any atom is 0.0572 e. The average Bonchev–Trinajstić information content (AvgIpc) is 2.38. The first kappa shape index (κ1) is 14.1. The Balaban J connectivity index is 2.15. The predicted molar refractivity (Wildman–Crippen MR) is 81.0 cm³/mol. The van der Waals surface area contributed by atoms with Crippen LogP contribution in [0.5, 0.6) is 0 Å². The molecule has 0 spiro atoms. The number of hydrogen-bond donors (Lipinski definition) is 1. The van der Waals surface area contributed by atoms with Gasteiger partial charge in [-0.2, -0.15) is 0 Å². The summed E-state index contributed by atoms with van der Waals surface area (Å²) in [5.41, 5.74) is 6.43. The Morgan fingerprint density at radius 2 is 2.22 bits per heavy atom. The quantitative estimate of drug-likeness (QED) is 0.848. The van der Waals surface area contributed by atoms with E-state index < -0.39 is 10.8 Å². The third kappa shape index (κ3) is 3.15. The van der Waals surface area contributed by atoms with Crippen LogP contribution in [0.25, 0.3) is 0 Å². The molecule has 1 saturated carbocycles. The first-order valence-electron chi connectivity index (χ1n) is 6.57. The van der Waals surface area contributed by atoms with Crippen molar-refractivity contribution in [2.45, 2.75) is 49.2 Å². The van der Waals surface area contributed by atoms with E-state index in [1.807, 2.05) is 18.2 Å². The van der Waals surface area contributed by atoms with Crippen LogP contribution < -0.4 is 5.73 Å². The van der Waals surface area contributed by atoms with Crippen molar-refractivity contribution < 1.29 is 4.21 Å². The van der Waals surface area contributed by atoms with E-state index in [0.29, 0.717) is 10.9 Å². The summed E-state index contributed by atoms with van der Waals surface area (Å²) >= 11 is 3.47. The molecule has 1 fully saturated rings. The lowest BCUT2D eigenvalue weighted by atomic mass is 9.87. The highest BCUT2D eigenvalue weighted by molar-refractivity contribution is 9.10. The minimum absolute atomic E-state index is 0.309. The normalized spacial score (nSPS) is 25.9. The van der Waals surface area contributed by atoms with Gasteiger partial charge in [0.15, 0.2) is 0 Å². The molecule has 2 N–H and O–H groups in total. The smallest absolute Gasteiger partial charge is 0.0572 e. The van der Waals surface area contributed by atoms with Crippen molar-refractivity contribution in [1.82, 2.24) is 0 Å². The number of nitrogen functional groups attached to an aromatic ring is 1. The van der Waals surface area contributed by atoms with E-state index in [0.717, 1.165) is 28.1 Å². The van der Waals surface area contributed by atoms with E-state index in [2.05, 4.69) is 22.9 Å². The van der Waals surface area contributed by atoms with E-state index in [9.17, 15) is 4.21 Å². The third-order valence-corrected chi connectivity index (χ3v) is 6.53. The minimum Gasteiger partial charge on any atom is -0.399 e. The van der Waals surface area contributed by atoms with E-state index in [4.69, 9.17) is 5.73 Å². The Bertz CT molecular complexity index is 449. The van der Waals surface area contributed by atoms with Gasteiger partial charge in [0, 0.05) is 15.4 Å². The van der Waals surface area contributed by atoms with E-state index in [1.54, 1.807) is 0 Å². The largest absolute Gasteiger partial charge is 0.399 e. The van der Waals surface area contributed by atoms with E-state index in [-0.39, 0.29) is 0 Å². The summed E-state index contributed by atoms with van der Waals surface area (Å²) in [5.74, 6) is 0.750. The monoisotopic (exact) mass is 329 g/mol. The fourth-order valence-electron chi connectivity index (χ4n) is 2.67. The van der Waals surface area contributed by atoms with Gasteiger partial charge in [-0.15, -0.1) is 0 Å². The number of hydrogen-bond acceptors (Lipinski definition) is 2. The molecule has 1 aromatic rings. The highest BCUT2D eigenvalue weighted by atomic mass is 79.9. The Morgan fingerprint density at radius 1 is 1.44 bits per heavy atom. The lowest BCUT2D eigenvalue weighted by Gasteiger charge is -2.28. The van der Waals surface area contributed by atoms with Gasteiger partial charge in [0.2, 0.25) is 0 Å². The van der Waals surface area contributed by atoms with Crippen LogP contribution in [0.2, 0.25) is 0 Å². The Morgan fingerprint density at radius 3 is 2.89 bits per heavy atom. The maximum atomic E-state index is 12.6. The van der Waals surface area contributed by atoms with Crippen LogP contribution in [0.15, 0.2) is 27.6 Å². The molecule has 100 valence electrons. The molecule has 0 amide bonds. The first-order valence-corrected chi connectivity index (χ1v) is 8.58. The average molecular weight is 330 g/mol. The molecule has 0 aromatic heterocycles. The van der Waals surface area contributed by atoms with Gasteiger partial charge < -0.3 is 5.73 Å². The summed E-state index contributed by atoms with van der Waals surface area (Å²) in [5, 5.41) is 0.309. The molecule has 1 aromatic carbocycles. The molecule has 1 aliphatic carbocycles. The van der Waals surface area contributed by atoms with Crippen LogP contribution in [0.3, 0.4) is 0 Å². The van der Waals surface area contributed by atoms with Crippen molar-refractivity contribution in [3.05, 3.63) is 22.7 Å². The highest BCUT2D eigenvalue weighted by Gasteiger charge is 2.27. The Labute approximate surface area is 120 Å². The Hall–Kier alpha value is -0.350. The van der Waals surface area contributed by atoms with Gasteiger partial charge in [-0.25, -0.2) is 0 Å². The van der Waals surface area contributed by atoms with Crippen molar-refractivity contribution >= 4 is 32.4 Å². The van der Waals surface area contributed by atoms with Crippen molar-refractivity contribution in [1.29, 1.82) is 0 Å². The molecule has 0 saturated heterocycles. The molecule has 3 atom stereocenters. The molecule has 18 heavy (non-hydrogen) atoms. The summed E-state index contributed by atoms with van der Waals surface area (Å²) in [6, 6.07) is 5.57. The molecular formula is C14H20BrNOS. The van der Waals surface area contributed by atoms with Crippen molar-refractivity contribution in [3.63, 3.8) is 0 Å². The van der Waals surface area contributed by atoms with Gasteiger partial charge in [0.1, 0.15) is 0 Å². The second-order valence-electron chi connectivity index (χ2n) is 5.05. The highest BCUT2D eigenvalue weighted by Crippen LogP contribution is 2.34. The second-order valence-corrected chi connectivity index (χ2v) is 7.61. The molecule has 1 aliphatic rings. The molecule has 2 rings (SSSR count). The van der Waals surface area contributed by atoms with Crippen LogP contribution in [0.1, 0.15) is 39.0 Å². The molecule has 0 bridgehead atoms. The maximum absolute atomic E-state index is 12.6.